The average molecular weight is 369 g/mol. The maximum Gasteiger partial charge on any atom is 0.160 e. The number of rotatable bonds is 5. The van der Waals surface area contributed by atoms with E-state index in [4.69, 9.17) is 0 Å². The Morgan fingerprint density at radius 2 is 1.80 bits per heavy atom. The van der Waals surface area contributed by atoms with Gasteiger partial charge < -0.3 is 0 Å². The van der Waals surface area contributed by atoms with Gasteiger partial charge in [-0.3, -0.25) is 4.79 Å². The lowest BCUT2D eigenvalue weighted by atomic mass is 9.62. The van der Waals surface area contributed by atoms with E-state index in [0.717, 1.165) is 51.4 Å². The summed E-state index contributed by atoms with van der Waals surface area (Å²) in [4.78, 5) is 12.3. The summed E-state index contributed by atoms with van der Waals surface area (Å²) in [6.07, 6.45) is 8.64. The predicted molar refractivity (Wildman–Crippen MR) is 102 cm³/mol. The number of hydrogen-bond acceptors (Lipinski definition) is 3. The molecule has 0 aromatic rings. The molecule has 3 aliphatic carbocycles. The van der Waals surface area contributed by atoms with Crippen molar-refractivity contribution in [2.45, 2.75) is 102 Å². The highest BCUT2D eigenvalue weighted by Gasteiger charge is 2.58. The lowest BCUT2D eigenvalue weighted by Crippen LogP contribution is -2.41. The third-order valence-corrected chi connectivity index (χ3v) is 11.2. The van der Waals surface area contributed by atoms with Gasteiger partial charge in [-0.15, -0.1) is 0 Å². The smallest absolute Gasteiger partial charge is 0.160 e. The van der Waals surface area contributed by atoms with Crippen LogP contribution in [0.5, 0.6) is 0 Å². The van der Waals surface area contributed by atoms with Crippen LogP contribution in [0.15, 0.2) is 0 Å². The molecule has 25 heavy (non-hydrogen) atoms. The van der Waals surface area contributed by atoms with Crippen LogP contribution in [0.3, 0.4) is 0 Å². The van der Waals surface area contributed by atoms with E-state index in [0.29, 0.717) is 17.6 Å². The normalized spacial score (nSPS) is 36.1. The molecule has 0 aliphatic heterocycles. The second-order valence-corrected chi connectivity index (χ2v) is 13.5. The first kappa shape index (κ1) is 19.4. The Kier molecular flexibility index (Phi) is 4.71. The molecule has 0 bridgehead atoms. The number of hydrogen-bond donors (Lipinski definition) is 0. The van der Waals surface area contributed by atoms with Crippen molar-refractivity contribution in [1.29, 1.82) is 0 Å². The van der Waals surface area contributed by atoms with Crippen molar-refractivity contribution in [3.63, 3.8) is 0 Å². The first-order valence-corrected chi connectivity index (χ1v) is 11.7. The molecule has 4 heteroatoms. The molecule has 0 N–H and O–H groups in total. The minimum atomic E-state index is -3.09. The highest BCUT2D eigenvalue weighted by molar-refractivity contribution is 7.94. The maximum atomic E-state index is 13.0. The van der Waals surface area contributed by atoms with Crippen LogP contribution in [0.25, 0.3) is 0 Å². The molecule has 144 valence electrons. The molecular formula is C21H36O3S. The molecule has 3 aliphatic rings. The molecule has 0 aromatic carbocycles. The van der Waals surface area contributed by atoms with E-state index < -0.39 is 19.3 Å². The molecule has 3 nitrogen and oxygen atoms in total. The van der Waals surface area contributed by atoms with Gasteiger partial charge in [-0.2, -0.15) is 0 Å². The van der Waals surface area contributed by atoms with Crippen molar-refractivity contribution in [1.82, 2.24) is 0 Å². The van der Waals surface area contributed by atoms with Crippen molar-refractivity contribution in [2.24, 2.45) is 23.2 Å². The molecule has 3 fully saturated rings. The van der Waals surface area contributed by atoms with Crippen LogP contribution in [-0.2, 0) is 14.6 Å². The summed E-state index contributed by atoms with van der Waals surface area (Å²) in [7, 11) is -3.09. The Morgan fingerprint density at radius 1 is 1.16 bits per heavy atom. The first-order chi connectivity index (χ1) is 11.4. The molecule has 4 atom stereocenters. The van der Waals surface area contributed by atoms with Crippen molar-refractivity contribution < 1.29 is 13.2 Å². The SMILES string of the molecule is C[C@H](CCC1(S(=O)(=O)C(C)(C)C)CC1)[C@H]1CC[C@H]2C(=O)CCC[C@]12C. The van der Waals surface area contributed by atoms with Crippen LogP contribution in [0.1, 0.15) is 92.4 Å². The fraction of sp³-hybridized carbons (Fsp3) is 0.952. The molecular weight excluding hydrogens is 332 g/mol. The van der Waals surface area contributed by atoms with Crippen molar-refractivity contribution in [3.8, 4) is 0 Å². The van der Waals surface area contributed by atoms with E-state index >= 15 is 0 Å². The Hall–Kier alpha value is -0.380. The Morgan fingerprint density at radius 3 is 2.36 bits per heavy atom. The summed E-state index contributed by atoms with van der Waals surface area (Å²) in [5.74, 6) is 1.84. The number of sulfone groups is 1. The summed E-state index contributed by atoms with van der Waals surface area (Å²) in [5.41, 5.74) is 0.161. The van der Waals surface area contributed by atoms with Crippen LogP contribution in [-0.4, -0.2) is 23.7 Å². The topological polar surface area (TPSA) is 51.2 Å². The Labute approximate surface area is 154 Å². The summed E-state index contributed by atoms with van der Waals surface area (Å²) < 4.78 is 24.8. The van der Waals surface area contributed by atoms with Gasteiger partial charge in [0, 0.05) is 12.3 Å². The standard InChI is InChI=1S/C21H36O3S/c1-15(10-12-21(13-14-21)25(23,24)19(2,3)4)16-8-9-17-18(22)7-6-11-20(16,17)5/h15-17H,6-14H2,1-5H3/t15-,16-,17+,20-/m1/s1. The zero-order valence-electron chi connectivity index (χ0n) is 16.7. The lowest BCUT2D eigenvalue weighted by Gasteiger charge is -2.42. The Balaban J connectivity index is 1.68. The zero-order valence-corrected chi connectivity index (χ0v) is 17.5. The molecule has 0 saturated heterocycles. The van der Waals surface area contributed by atoms with Crippen LogP contribution < -0.4 is 0 Å². The van der Waals surface area contributed by atoms with Gasteiger partial charge in [0.15, 0.2) is 9.84 Å². The quantitative estimate of drug-likeness (QED) is 0.691. The minimum absolute atomic E-state index is 0.161. The van der Waals surface area contributed by atoms with E-state index in [9.17, 15) is 13.2 Å². The van der Waals surface area contributed by atoms with Gasteiger partial charge in [0.1, 0.15) is 5.78 Å². The molecule has 0 unspecified atom stereocenters. The van der Waals surface area contributed by atoms with Crippen LogP contribution in [0, 0.1) is 23.2 Å². The maximum absolute atomic E-state index is 13.0. The molecule has 3 saturated carbocycles. The van der Waals surface area contributed by atoms with Gasteiger partial charge in [0.2, 0.25) is 0 Å². The van der Waals surface area contributed by atoms with Gasteiger partial charge in [-0.25, -0.2) is 8.42 Å². The van der Waals surface area contributed by atoms with Crippen molar-refractivity contribution in [2.75, 3.05) is 0 Å². The molecule has 0 amide bonds. The zero-order chi connectivity index (χ0) is 18.7. The van der Waals surface area contributed by atoms with Gasteiger partial charge in [-0.1, -0.05) is 13.8 Å². The fourth-order valence-corrected chi connectivity index (χ4v) is 8.36. The minimum Gasteiger partial charge on any atom is -0.299 e. The number of carbonyl (C=O) groups is 1. The van der Waals surface area contributed by atoms with E-state index in [2.05, 4.69) is 13.8 Å². The van der Waals surface area contributed by atoms with Gasteiger partial charge in [-0.05, 0) is 89.4 Å². The lowest BCUT2D eigenvalue weighted by molar-refractivity contribution is -0.130. The third kappa shape index (κ3) is 3.00. The molecule has 0 radical (unpaired) electrons. The number of ketones is 1. The van der Waals surface area contributed by atoms with Crippen molar-refractivity contribution in [3.05, 3.63) is 0 Å². The monoisotopic (exact) mass is 368 g/mol. The average Bonchev–Trinajstić information content (AvgIpc) is 3.21. The first-order valence-electron chi connectivity index (χ1n) is 10.2. The summed E-state index contributed by atoms with van der Waals surface area (Å²) >= 11 is 0. The summed E-state index contributed by atoms with van der Waals surface area (Å²) in [6.45, 7) is 10.1. The highest BCUT2D eigenvalue weighted by atomic mass is 32.2. The summed E-state index contributed by atoms with van der Waals surface area (Å²) in [5, 5.41) is 0. The van der Waals surface area contributed by atoms with E-state index in [1.54, 1.807) is 0 Å². The van der Waals surface area contributed by atoms with E-state index in [1.807, 2.05) is 20.8 Å². The Bertz CT molecular complexity index is 639. The second-order valence-electron chi connectivity index (χ2n) is 10.4. The highest BCUT2D eigenvalue weighted by Crippen LogP contribution is 2.58. The van der Waals surface area contributed by atoms with Crippen LogP contribution in [0.4, 0.5) is 0 Å². The molecule has 0 aromatic heterocycles. The number of Topliss-reactive ketones (excluding diaryl/α,β-unsaturated/α-hetero) is 1. The molecule has 3 rings (SSSR count). The molecule has 0 spiro atoms. The van der Waals surface area contributed by atoms with E-state index in [-0.39, 0.29) is 11.3 Å². The third-order valence-electron chi connectivity index (χ3n) is 7.86. The summed E-state index contributed by atoms with van der Waals surface area (Å²) in [6, 6.07) is 0. The predicted octanol–water partition coefficient (Wildman–Crippen LogP) is 4.93. The van der Waals surface area contributed by atoms with Gasteiger partial charge in [0.25, 0.3) is 0 Å². The number of carbonyl (C=O) groups excluding carboxylic acids is 1. The molecule has 0 heterocycles. The van der Waals surface area contributed by atoms with Crippen LogP contribution in [0.2, 0.25) is 0 Å². The van der Waals surface area contributed by atoms with Crippen LogP contribution >= 0.6 is 0 Å². The largest absolute Gasteiger partial charge is 0.299 e. The number of fused-ring (bicyclic) bond motifs is 1. The second kappa shape index (κ2) is 6.07. The fourth-order valence-electron chi connectivity index (χ4n) is 6.04. The van der Waals surface area contributed by atoms with Crippen molar-refractivity contribution >= 4 is 15.6 Å². The van der Waals surface area contributed by atoms with Gasteiger partial charge in [0.05, 0.1) is 9.49 Å². The van der Waals surface area contributed by atoms with Gasteiger partial charge >= 0.3 is 0 Å². The van der Waals surface area contributed by atoms with E-state index in [1.165, 1.54) is 6.42 Å².